The molecule has 2 aromatic heterocycles. The van der Waals surface area contributed by atoms with Crippen LogP contribution in [0.4, 0.5) is 11.4 Å². The van der Waals surface area contributed by atoms with Crippen LogP contribution in [0.3, 0.4) is 0 Å². The number of nitro groups is 1. The molecule has 0 saturated carbocycles. The van der Waals surface area contributed by atoms with Gasteiger partial charge in [0.15, 0.2) is 0 Å². The standard InChI is InChI=1S/C18H25N7O5/c1-5-23-16(18(27)22-6-8-30-9-7-22)14(10-19-23)20-17(26)13(4)24-12(3)15(25(28)29)11(2)21-24/h10,13H,5-9H2,1-4H3,(H,20,26). The van der Waals surface area contributed by atoms with Gasteiger partial charge in [0.2, 0.25) is 5.91 Å². The zero-order valence-electron chi connectivity index (χ0n) is 17.4. The lowest BCUT2D eigenvalue weighted by Crippen LogP contribution is -2.42. The quantitative estimate of drug-likeness (QED) is 0.550. The fraction of sp³-hybridized carbons (Fsp3) is 0.556. The van der Waals surface area contributed by atoms with Crippen molar-refractivity contribution in [3.05, 3.63) is 33.4 Å². The maximum absolute atomic E-state index is 13.0. The molecule has 1 N–H and O–H groups in total. The van der Waals surface area contributed by atoms with Gasteiger partial charge in [0.25, 0.3) is 5.91 Å². The predicted molar refractivity (Wildman–Crippen MR) is 106 cm³/mol. The molecule has 1 unspecified atom stereocenters. The van der Waals surface area contributed by atoms with Crippen molar-refractivity contribution in [1.82, 2.24) is 24.5 Å². The highest BCUT2D eigenvalue weighted by molar-refractivity contribution is 6.03. The number of rotatable bonds is 6. The lowest BCUT2D eigenvalue weighted by atomic mass is 10.2. The van der Waals surface area contributed by atoms with Crippen LogP contribution in [0.5, 0.6) is 0 Å². The Balaban J connectivity index is 1.85. The molecule has 1 fully saturated rings. The van der Waals surface area contributed by atoms with Gasteiger partial charge in [-0.1, -0.05) is 0 Å². The number of amides is 2. The summed E-state index contributed by atoms with van der Waals surface area (Å²) < 4.78 is 8.14. The average molecular weight is 419 g/mol. The van der Waals surface area contributed by atoms with Crippen LogP contribution in [0.2, 0.25) is 0 Å². The number of hydrogen-bond donors (Lipinski definition) is 1. The summed E-state index contributed by atoms with van der Waals surface area (Å²) in [4.78, 5) is 38.3. The smallest absolute Gasteiger partial charge is 0.312 e. The molecule has 0 bridgehead atoms. The van der Waals surface area contributed by atoms with E-state index in [4.69, 9.17) is 4.74 Å². The second kappa shape index (κ2) is 8.61. The van der Waals surface area contributed by atoms with Gasteiger partial charge in [0.05, 0.1) is 30.0 Å². The molecule has 1 saturated heterocycles. The Morgan fingerprint density at radius 3 is 2.57 bits per heavy atom. The molecule has 12 nitrogen and oxygen atoms in total. The van der Waals surface area contributed by atoms with Crippen molar-refractivity contribution in [2.24, 2.45) is 0 Å². The summed E-state index contributed by atoms with van der Waals surface area (Å²) in [6.07, 6.45) is 1.44. The van der Waals surface area contributed by atoms with E-state index in [0.717, 1.165) is 0 Å². The van der Waals surface area contributed by atoms with Crippen molar-refractivity contribution >= 4 is 23.2 Å². The first-order chi connectivity index (χ1) is 14.3. The first kappa shape index (κ1) is 21.4. The van der Waals surface area contributed by atoms with Gasteiger partial charge in [-0.15, -0.1) is 0 Å². The highest BCUT2D eigenvalue weighted by Gasteiger charge is 2.30. The van der Waals surface area contributed by atoms with Crippen molar-refractivity contribution in [3.8, 4) is 0 Å². The molecule has 3 heterocycles. The molecule has 12 heteroatoms. The summed E-state index contributed by atoms with van der Waals surface area (Å²) >= 11 is 0. The minimum absolute atomic E-state index is 0.114. The van der Waals surface area contributed by atoms with Gasteiger partial charge in [0, 0.05) is 19.6 Å². The van der Waals surface area contributed by atoms with E-state index in [2.05, 4.69) is 15.5 Å². The monoisotopic (exact) mass is 419 g/mol. The molecule has 1 aliphatic rings. The molecule has 0 radical (unpaired) electrons. The number of aryl methyl sites for hydroxylation is 2. The third kappa shape index (κ3) is 3.90. The van der Waals surface area contributed by atoms with Gasteiger partial charge in [-0.3, -0.25) is 29.1 Å². The summed E-state index contributed by atoms with van der Waals surface area (Å²) in [5, 5.41) is 22.3. The minimum Gasteiger partial charge on any atom is -0.378 e. The van der Waals surface area contributed by atoms with Crippen molar-refractivity contribution < 1.29 is 19.2 Å². The third-order valence-electron chi connectivity index (χ3n) is 5.11. The van der Waals surface area contributed by atoms with E-state index in [1.165, 1.54) is 22.5 Å². The molecule has 30 heavy (non-hydrogen) atoms. The van der Waals surface area contributed by atoms with Crippen LogP contribution >= 0.6 is 0 Å². The van der Waals surface area contributed by atoms with Crippen LogP contribution in [0.25, 0.3) is 0 Å². The first-order valence-electron chi connectivity index (χ1n) is 9.70. The first-order valence-corrected chi connectivity index (χ1v) is 9.70. The minimum atomic E-state index is -0.825. The molecular formula is C18H25N7O5. The zero-order chi connectivity index (χ0) is 22.0. The van der Waals surface area contributed by atoms with E-state index in [1.807, 2.05) is 6.92 Å². The Morgan fingerprint density at radius 2 is 2.00 bits per heavy atom. The zero-order valence-corrected chi connectivity index (χ0v) is 17.4. The molecule has 0 aromatic carbocycles. The number of carbonyl (C=O) groups excluding carboxylic acids is 2. The lowest BCUT2D eigenvalue weighted by Gasteiger charge is -2.27. The van der Waals surface area contributed by atoms with Crippen molar-refractivity contribution in [1.29, 1.82) is 0 Å². The Bertz CT molecular complexity index is 974. The fourth-order valence-electron chi connectivity index (χ4n) is 3.50. The van der Waals surface area contributed by atoms with Gasteiger partial charge in [-0.25, -0.2) is 0 Å². The van der Waals surface area contributed by atoms with Crippen molar-refractivity contribution in [3.63, 3.8) is 0 Å². The molecule has 1 aliphatic heterocycles. The van der Waals surface area contributed by atoms with Crippen LogP contribution < -0.4 is 5.32 Å². The van der Waals surface area contributed by atoms with E-state index in [-0.39, 0.29) is 23.0 Å². The van der Waals surface area contributed by atoms with E-state index in [1.54, 1.807) is 18.7 Å². The summed E-state index contributed by atoms with van der Waals surface area (Å²) in [6, 6.07) is -0.825. The van der Waals surface area contributed by atoms with Crippen LogP contribution in [0.15, 0.2) is 6.20 Å². The summed E-state index contributed by atoms with van der Waals surface area (Å²) in [7, 11) is 0. The predicted octanol–water partition coefficient (Wildman–Crippen LogP) is 1.30. The normalized spacial score (nSPS) is 15.1. The second-order valence-corrected chi connectivity index (χ2v) is 7.01. The number of nitrogens with one attached hydrogen (secondary N) is 1. The van der Waals surface area contributed by atoms with Crippen LogP contribution in [0, 0.1) is 24.0 Å². The number of ether oxygens (including phenoxy) is 1. The number of morpholine rings is 1. The molecule has 3 rings (SSSR count). The van der Waals surface area contributed by atoms with E-state index in [0.29, 0.717) is 44.2 Å². The maximum atomic E-state index is 13.0. The molecule has 1 atom stereocenters. The number of hydrogen-bond acceptors (Lipinski definition) is 7. The number of anilines is 1. The summed E-state index contributed by atoms with van der Waals surface area (Å²) in [5.74, 6) is -0.690. The molecule has 2 amide bonds. The van der Waals surface area contributed by atoms with Gasteiger partial charge < -0.3 is 15.0 Å². The second-order valence-electron chi connectivity index (χ2n) is 7.01. The summed E-state index contributed by atoms with van der Waals surface area (Å²) in [6.45, 7) is 8.82. The largest absolute Gasteiger partial charge is 0.378 e. The summed E-state index contributed by atoms with van der Waals surface area (Å²) in [5.41, 5.74) is 0.991. The van der Waals surface area contributed by atoms with Crippen LogP contribution in [0.1, 0.15) is 41.8 Å². The highest BCUT2D eigenvalue weighted by Crippen LogP contribution is 2.26. The van der Waals surface area contributed by atoms with Crippen LogP contribution in [-0.2, 0) is 16.1 Å². The van der Waals surface area contributed by atoms with Crippen LogP contribution in [-0.4, -0.2) is 67.5 Å². The van der Waals surface area contributed by atoms with E-state index >= 15 is 0 Å². The Kier molecular flexibility index (Phi) is 6.15. The SMILES string of the molecule is CCn1ncc(NC(=O)C(C)n2nc(C)c([N+](=O)[O-])c2C)c1C(=O)N1CCOCC1. The van der Waals surface area contributed by atoms with E-state index < -0.39 is 16.9 Å². The highest BCUT2D eigenvalue weighted by atomic mass is 16.6. The van der Waals surface area contributed by atoms with Gasteiger partial charge in [-0.05, 0) is 27.7 Å². The fourth-order valence-corrected chi connectivity index (χ4v) is 3.50. The number of carbonyl (C=O) groups is 2. The molecule has 0 aliphatic carbocycles. The molecule has 0 spiro atoms. The molecule has 162 valence electrons. The lowest BCUT2D eigenvalue weighted by molar-refractivity contribution is -0.386. The average Bonchev–Trinajstić information content (AvgIpc) is 3.27. The van der Waals surface area contributed by atoms with Gasteiger partial charge >= 0.3 is 5.69 Å². The van der Waals surface area contributed by atoms with Crippen molar-refractivity contribution in [2.75, 3.05) is 31.6 Å². The third-order valence-corrected chi connectivity index (χ3v) is 5.11. The topological polar surface area (TPSA) is 137 Å². The maximum Gasteiger partial charge on any atom is 0.312 e. The van der Waals surface area contributed by atoms with Gasteiger partial charge in [-0.2, -0.15) is 10.2 Å². The van der Waals surface area contributed by atoms with Gasteiger partial charge in [0.1, 0.15) is 23.1 Å². The molecular weight excluding hydrogens is 394 g/mol. The number of aromatic nitrogens is 4. The Morgan fingerprint density at radius 1 is 1.33 bits per heavy atom. The molecule has 2 aromatic rings. The Hall–Kier alpha value is -3.28. The Labute approximate surface area is 172 Å². The van der Waals surface area contributed by atoms with E-state index in [9.17, 15) is 19.7 Å². The number of nitrogens with zero attached hydrogens (tertiary/aromatic N) is 6. The van der Waals surface area contributed by atoms with Crippen molar-refractivity contribution in [2.45, 2.75) is 40.3 Å².